The molecule has 1 unspecified atom stereocenters. The van der Waals surface area contributed by atoms with Crippen LogP contribution in [0.1, 0.15) is 37.2 Å². The number of nitrogens with zero attached hydrogens (tertiary/aromatic N) is 3. The van der Waals surface area contributed by atoms with E-state index in [2.05, 4.69) is 10.3 Å². The second-order valence-electron chi connectivity index (χ2n) is 6.67. The average Bonchev–Trinajstić information content (AvgIpc) is 3.01. The SMILES string of the molecule is CC(C)(C(=O)NC1CCc2nccn2C1)c1cc(F)cc(C#N)c1. The number of imidazole rings is 1. The quantitative estimate of drug-likeness (QED) is 0.941. The first-order chi connectivity index (χ1) is 11.4. The first-order valence-corrected chi connectivity index (χ1v) is 7.92. The van der Waals surface area contributed by atoms with Gasteiger partial charge in [0.15, 0.2) is 0 Å². The number of halogens is 1. The van der Waals surface area contributed by atoms with Gasteiger partial charge >= 0.3 is 0 Å². The van der Waals surface area contributed by atoms with E-state index in [1.165, 1.54) is 12.1 Å². The summed E-state index contributed by atoms with van der Waals surface area (Å²) in [7, 11) is 0. The molecule has 1 amide bonds. The number of amides is 1. The Morgan fingerprint density at radius 2 is 2.25 bits per heavy atom. The zero-order valence-corrected chi connectivity index (χ0v) is 13.7. The summed E-state index contributed by atoms with van der Waals surface area (Å²) in [6, 6.07) is 5.99. The minimum Gasteiger partial charge on any atom is -0.351 e. The Kier molecular flexibility index (Phi) is 4.10. The van der Waals surface area contributed by atoms with Gasteiger partial charge in [-0.3, -0.25) is 4.79 Å². The third-order valence-corrected chi connectivity index (χ3v) is 4.59. The largest absolute Gasteiger partial charge is 0.351 e. The summed E-state index contributed by atoms with van der Waals surface area (Å²) in [5, 5.41) is 12.1. The van der Waals surface area contributed by atoms with Crippen LogP contribution in [0, 0.1) is 17.1 Å². The normalized spacial score (nSPS) is 17.0. The lowest BCUT2D eigenvalue weighted by Crippen LogP contribution is -2.48. The Labute approximate surface area is 140 Å². The number of nitrogens with one attached hydrogen (secondary N) is 1. The van der Waals surface area contributed by atoms with Crippen LogP contribution in [0.15, 0.2) is 30.6 Å². The molecule has 2 heterocycles. The molecule has 0 aliphatic carbocycles. The number of nitriles is 1. The van der Waals surface area contributed by atoms with Crippen LogP contribution in [0.25, 0.3) is 0 Å². The fourth-order valence-corrected chi connectivity index (χ4v) is 3.00. The molecule has 24 heavy (non-hydrogen) atoms. The van der Waals surface area contributed by atoms with Crippen molar-refractivity contribution in [3.63, 3.8) is 0 Å². The molecule has 1 N–H and O–H groups in total. The molecule has 3 rings (SSSR count). The van der Waals surface area contributed by atoms with Crippen molar-refractivity contribution in [2.75, 3.05) is 0 Å². The molecule has 0 spiro atoms. The Bertz CT molecular complexity index is 819. The fourth-order valence-electron chi connectivity index (χ4n) is 3.00. The fraction of sp³-hybridized carbons (Fsp3) is 0.389. The molecule has 0 saturated heterocycles. The molecule has 0 bridgehead atoms. The molecule has 0 fully saturated rings. The van der Waals surface area contributed by atoms with Crippen LogP contribution in [0.3, 0.4) is 0 Å². The van der Waals surface area contributed by atoms with Crippen LogP contribution in [0.2, 0.25) is 0 Å². The molecule has 0 saturated carbocycles. The van der Waals surface area contributed by atoms with E-state index in [0.717, 1.165) is 18.7 Å². The Hall–Kier alpha value is -2.68. The number of carbonyl (C=O) groups excluding carboxylic acids is 1. The molecule has 124 valence electrons. The zero-order chi connectivity index (χ0) is 17.3. The third-order valence-electron chi connectivity index (χ3n) is 4.59. The smallest absolute Gasteiger partial charge is 0.230 e. The molecule has 1 atom stereocenters. The summed E-state index contributed by atoms with van der Waals surface area (Å²) in [6.07, 6.45) is 5.31. The van der Waals surface area contributed by atoms with Crippen molar-refractivity contribution in [2.45, 2.75) is 44.7 Å². The van der Waals surface area contributed by atoms with Crippen molar-refractivity contribution in [1.82, 2.24) is 14.9 Å². The first-order valence-electron chi connectivity index (χ1n) is 7.92. The summed E-state index contributed by atoms with van der Waals surface area (Å²) in [5.41, 5.74) is -0.217. The van der Waals surface area contributed by atoms with Crippen molar-refractivity contribution >= 4 is 5.91 Å². The molecule has 0 radical (unpaired) electrons. The van der Waals surface area contributed by atoms with Crippen LogP contribution >= 0.6 is 0 Å². The van der Waals surface area contributed by atoms with E-state index in [-0.39, 0.29) is 17.5 Å². The average molecular weight is 326 g/mol. The predicted octanol–water partition coefficient (Wildman–Crippen LogP) is 2.30. The highest BCUT2D eigenvalue weighted by atomic mass is 19.1. The number of aromatic nitrogens is 2. The van der Waals surface area contributed by atoms with Gasteiger partial charge in [0.2, 0.25) is 5.91 Å². The Morgan fingerprint density at radius 1 is 1.46 bits per heavy atom. The van der Waals surface area contributed by atoms with E-state index in [1.54, 1.807) is 26.1 Å². The van der Waals surface area contributed by atoms with E-state index in [4.69, 9.17) is 5.26 Å². The van der Waals surface area contributed by atoms with Gasteiger partial charge < -0.3 is 9.88 Å². The second kappa shape index (κ2) is 6.08. The summed E-state index contributed by atoms with van der Waals surface area (Å²) in [5.74, 6) is 0.347. The zero-order valence-electron chi connectivity index (χ0n) is 13.7. The number of carbonyl (C=O) groups is 1. The van der Waals surface area contributed by atoms with Gasteiger partial charge in [0, 0.05) is 31.4 Å². The highest BCUT2D eigenvalue weighted by molar-refractivity contribution is 5.87. The van der Waals surface area contributed by atoms with Gasteiger partial charge in [0.1, 0.15) is 11.6 Å². The minimum absolute atomic E-state index is 0.0162. The minimum atomic E-state index is -0.928. The topological polar surface area (TPSA) is 70.7 Å². The molecule has 6 heteroatoms. The van der Waals surface area contributed by atoms with Crippen LogP contribution in [0.5, 0.6) is 0 Å². The van der Waals surface area contributed by atoms with E-state index >= 15 is 0 Å². The summed E-state index contributed by atoms with van der Waals surface area (Å²) < 4.78 is 15.7. The van der Waals surface area contributed by atoms with Gasteiger partial charge in [-0.25, -0.2) is 9.37 Å². The lowest BCUT2D eigenvalue weighted by molar-refractivity contribution is -0.126. The summed E-state index contributed by atoms with van der Waals surface area (Å²) in [6.45, 7) is 4.16. The van der Waals surface area contributed by atoms with Crippen LogP contribution in [0.4, 0.5) is 4.39 Å². The number of hydrogen-bond donors (Lipinski definition) is 1. The maximum atomic E-state index is 13.7. The van der Waals surface area contributed by atoms with Crippen molar-refractivity contribution in [3.8, 4) is 6.07 Å². The summed E-state index contributed by atoms with van der Waals surface area (Å²) in [4.78, 5) is 17.0. The lowest BCUT2D eigenvalue weighted by atomic mass is 9.82. The highest BCUT2D eigenvalue weighted by Crippen LogP contribution is 2.26. The maximum absolute atomic E-state index is 13.7. The highest BCUT2D eigenvalue weighted by Gasteiger charge is 2.33. The third kappa shape index (κ3) is 3.02. The van der Waals surface area contributed by atoms with Crippen molar-refractivity contribution in [1.29, 1.82) is 5.26 Å². The predicted molar refractivity (Wildman–Crippen MR) is 86.6 cm³/mol. The van der Waals surface area contributed by atoms with Crippen LogP contribution < -0.4 is 5.32 Å². The first kappa shape index (κ1) is 16.2. The molecular formula is C18H19FN4O. The Morgan fingerprint density at radius 3 is 3.00 bits per heavy atom. The van der Waals surface area contributed by atoms with Gasteiger partial charge in [-0.1, -0.05) is 0 Å². The molecular weight excluding hydrogens is 307 g/mol. The standard InChI is InChI=1S/C18H19FN4O/c1-18(2,13-7-12(10-20)8-14(19)9-13)17(24)22-15-3-4-16-21-5-6-23(16)11-15/h5-9,15H,3-4,11H2,1-2H3,(H,22,24). The van der Waals surface area contributed by atoms with Crippen LogP contribution in [-0.4, -0.2) is 21.5 Å². The van der Waals surface area contributed by atoms with Crippen molar-refractivity contribution < 1.29 is 9.18 Å². The van der Waals surface area contributed by atoms with Crippen molar-refractivity contribution in [3.05, 3.63) is 53.4 Å². The number of fused-ring (bicyclic) bond motifs is 1. The molecule has 1 aliphatic heterocycles. The maximum Gasteiger partial charge on any atom is 0.230 e. The monoisotopic (exact) mass is 326 g/mol. The van der Waals surface area contributed by atoms with E-state index in [9.17, 15) is 9.18 Å². The van der Waals surface area contributed by atoms with Gasteiger partial charge in [0.05, 0.1) is 17.0 Å². The number of aryl methyl sites for hydroxylation is 1. The van der Waals surface area contributed by atoms with Crippen molar-refractivity contribution in [2.24, 2.45) is 0 Å². The van der Waals surface area contributed by atoms with Gasteiger partial charge in [-0.2, -0.15) is 5.26 Å². The van der Waals surface area contributed by atoms with Crippen LogP contribution in [-0.2, 0) is 23.2 Å². The van der Waals surface area contributed by atoms with Gasteiger partial charge in [0.25, 0.3) is 0 Å². The molecule has 1 aromatic carbocycles. The number of rotatable bonds is 3. The van der Waals surface area contributed by atoms with Gasteiger partial charge in [-0.05, 0) is 44.0 Å². The van der Waals surface area contributed by atoms with Gasteiger partial charge in [-0.15, -0.1) is 0 Å². The summed E-state index contributed by atoms with van der Waals surface area (Å²) >= 11 is 0. The molecule has 5 nitrogen and oxygen atoms in total. The van der Waals surface area contributed by atoms with E-state index in [0.29, 0.717) is 12.1 Å². The van der Waals surface area contributed by atoms with E-state index < -0.39 is 11.2 Å². The molecule has 1 aromatic heterocycles. The van der Waals surface area contributed by atoms with E-state index in [1.807, 2.05) is 16.8 Å². The lowest BCUT2D eigenvalue weighted by Gasteiger charge is -2.30. The molecule has 2 aromatic rings. The Balaban J connectivity index is 1.77. The molecule has 1 aliphatic rings. The second-order valence-corrected chi connectivity index (χ2v) is 6.67. The number of benzene rings is 1. The number of hydrogen-bond acceptors (Lipinski definition) is 3.